The van der Waals surface area contributed by atoms with Crippen molar-refractivity contribution in [1.29, 1.82) is 0 Å². The van der Waals surface area contributed by atoms with E-state index in [1.165, 1.54) is 0 Å². The fourth-order valence-corrected chi connectivity index (χ4v) is 2.13. The van der Waals surface area contributed by atoms with E-state index in [0.717, 1.165) is 11.1 Å². The Hall–Kier alpha value is -1.87. The molecule has 0 unspecified atom stereocenters. The molecule has 130 valence electrons. The summed E-state index contributed by atoms with van der Waals surface area (Å²) in [6.07, 6.45) is 0.573. The monoisotopic (exact) mass is 354 g/mol. The average molecular weight is 354 g/mol. The maximum absolute atomic E-state index is 11.6. The van der Waals surface area contributed by atoms with Gasteiger partial charge in [-0.2, -0.15) is 8.42 Å². The van der Waals surface area contributed by atoms with Crippen LogP contribution in [0.2, 0.25) is 0 Å². The van der Waals surface area contributed by atoms with E-state index in [0.29, 0.717) is 6.32 Å². The largest absolute Gasteiger partial charge is 0.464 e. The Balaban J connectivity index is 2.21. The minimum absolute atomic E-state index is 0.0399. The summed E-state index contributed by atoms with van der Waals surface area (Å²) in [5.41, 5.74) is 1.73. The smallest absolute Gasteiger partial charge is 0.306 e. The molecular weight excluding hydrogens is 335 g/mol. The SMILES string of the molecule is [B]Cc1ccccc1COC(=O)CCCC(=O)OCCS(=O)(=O)O. The van der Waals surface area contributed by atoms with Crippen LogP contribution in [0.15, 0.2) is 24.3 Å². The predicted molar refractivity (Wildman–Crippen MR) is 86.9 cm³/mol. The fraction of sp³-hybridized carbons (Fsp3) is 0.467. The van der Waals surface area contributed by atoms with Crippen molar-refractivity contribution in [3.8, 4) is 0 Å². The van der Waals surface area contributed by atoms with Gasteiger partial charge in [-0.05, 0) is 17.5 Å². The number of carbonyl (C=O) groups excluding carboxylic acids is 2. The Morgan fingerprint density at radius 3 is 2.21 bits per heavy atom. The summed E-state index contributed by atoms with van der Waals surface area (Å²) in [7, 11) is 1.44. The summed E-state index contributed by atoms with van der Waals surface area (Å²) >= 11 is 0. The first-order valence-electron chi connectivity index (χ1n) is 7.35. The van der Waals surface area contributed by atoms with Crippen molar-refractivity contribution in [2.24, 2.45) is 0 Å². The highest BCUT2D eigenvalue weighted by Crippen LogP contribution is 2.11. The highest BCUT2D eigenvalue weighted by Gasteiger charge is 2.10. The van der Waals surface area contributed by atoms with Crippen molar-refractivity contribution in [2.45, 2.75) is 32.2 Å². The second kappa shape index (κ2) is 10.1. The summed E-state index contributed by atoms with van der Waals surface area (Å²) < 4.78 is 39.1. The Morgan fingerprint density at radius 1 is 1.04 bits per heavy atom. The Bertz CT molecular complexity index is 658. The van der Waals surface area contributed by atoms with Crippen LogP contribution in [0.25, 0.3) is 0 Å². The Labute approximate surface area is 142 Å². The van der Waals surface area contributed by atoms with Gasteiger partial charge in [0, 0.05) is 12.8 Å². The van der Waals surface area contributed by atoms with Gasteiger partial charge in [-0.3, -0.25) is 14.1 Å². The standard InChI is InChI=1S/C15H19BO7S/c16-10-12-4-1-2-5-13(12)11-23-15(18)7-3-6-14(17)22-8-9-24(19,20)21/h1-2,4-5H,3,6-11H2,(H,19,20,21). The van der Waals surface area contributed by atoms with Gasteiger partial charge in [0.25, 0.3) is 10.1 Å². The van der Waals surface area contributed by atoms with Crippen LogP contribution in [0.3, 0.4) is 0 Å². The lowest BCUT2D eigenvalue weighted by molar-refractivity contribution is -0.146. The molecule has 1 aromatic rings. The summed E-state index contributed by atoms with van der Waals surface area (Å²) in [6, 6.07) is 7.35. The molecule has 0 saturated carbocycles. The van der Waals surface area contributed by atoms with Crippen LogP contribution in [0.5, 0.6) is 0 Å². The lowest BCUT2D eigenvalue weighted by Crippen LogP contribution is -2.15. The molecule has 0 bridgehead atoms. The van der Waals surface area contributed by atoms with Crippen molar-refractivity contribution in [3.05, 3.63) is 35.4 Å². The molecule has 0 aliphatic rings. The van der Waals surface area contributed by atoms with E-state index >= 15 is 0 Å². The molecule has 0 fully saturated rings. The van der Waals surface area contributed by atoms with E-state index in [9.17, 15) is 18.0 Å². The van der Waals surface area contributed by atoms with Gasteiger partial charge in [0.2, 0.25) is 0 Å². The maximum atomic E-state index is 11.6. The number of ether oxygens (including phenoxy) is 2. The summed E-state index contributed by atoms with van der Waals surface area (Å²) in [6.45, 7) is -0.303. The van der Waals surface area contributed by atoms with E-state index in [-0.39, 0.29) is 25.9 Å². The quantitative estimate of drug-likeness (QED) is 0.379. The molecule has 0 saturated heterocycles. The number of carbonyl (C=O) groups is 2. The van der Waals surface area contributed by atoms with E-state index < -0.39 is 34.4 Å². The van der Waals surface area contributed by atoms with Crippen LogP contribution in [0.4, 0.5) is 0 Å². The molecule has 0 spiro atoms. The lowest BCUT2D eigenvalue weighted by atomic mass is 9.93. The van der Waals surface area contributed by atoms with Gasteiger partial charge in [0.05, 0.1) is 7.85 Å². The second-order valence-corrected chi connectivity index (χ2v) is 6.57. The van der Waals surface area contributed by atoms with Crippen LogP contribution < -0.4 is 0 Å². The van der Waals surface area contributed by atoms with E-state index in [4.69, 9.17) is 17.1 Å². The third-order valence-electron chi connectivity index (χ3n) is 3.09. The zero-order valence-electron chi connectivity index (χ0n) is 13.1. The lowest BCUT2D eigenvalue weighted by Gasteiger charge is -2.09. The van der Waals surface area contributed by atoms with Crippen molar-refractivity contribution in [1.82, 2.24) is 0 Å². The minimum atomic E-state index is -4.15. The summed E-state index contributed by atoms with van der Waals surface area (Å²) in [5, 5.41) is 0. The minimum Gasteiger partial charge on any atom is -0.464 e. The van der Waals surface area contributed by atoms with Crippen LogP contribution in [-0.2, 0) is 42.1 Å². The van der Waals surface area contributed by atoms with Crippen LogP contribution in [0, 0.1) is 0 Å². The molecule has 0 heterocycles. The number of hydrogen-bond acceptors (Lipinski definition) is 6. The molecule has 2 radical (unpaired) electrons. The second-order valence-electron chi connectivity index (χ2n) is 4.99. The molecule has 1 N–H and O–H groups in total. The molecule has 0 aliphatic heterocycles. The third-order valence-corrected chi connectivity index (χ3v) is 3.78. The molecule has 7 nitrogen and oxygen atoms in total. The highest BCUT2D eigenvalue weighted by molar-refractivity contribution is 7.85. The van der Waals surface area contributed by atoms with Crippen molar-refractivity contribution >= 4 is 29.9 Å². The van der Waals surface area contributed by atoms with Crippen LogP contribution in [-0.4, -0.2) is 45.1 Å². The van der Waals surface area contributed by atoms with Crippen LogP contribution in [0.1, 0.15) is 30.4 Å². The normalized spacial score (nSPS) is 11.0. The Morgan fingerprint density at radius 2 is 1.62 bits per heavy atom. The van der Waals surface area contributed by atoms with E-state index in [2.05, 4.69) is 4.74 Å². The number of rotatable bonds is 10. The number of benzene rings is 1. The first-order chi connectivity index (χ1) is 11.3. The zero-order valence-corrected chi connectivity index (χ0v) is 14.0. The van der Waals surface area contributed by atoms with Gasteiger partial charge >= 0.3 is 11.9 Å². The van der Waals surface area contributed by atoms with Gasteiger partial charge in [-0.1, -0.05) is 30.6 Å². The average Bonchev–Trinajstić information content (AvgIpc) is 2.52. The zero-order chi connectivity index (χ0) is 18.0. The maximum Gasteiger partial charge on any atom is 0.306 e. The highest BCUT2D eigenvalue weighted by atomic mass is 32.2. The first-order valence-corrected chi connectivity index (χ1v) is 8.96. The molecule has 9 heteroatoms. The Kier molecular flexibility index (Phi) is 8.49. The topological polar surface area (TPSA) is 107 Å². The molecule has 0 atom stereocenters. The number of esters is 2. The molecule has 0 aliphatic carbocycles. The summed E-state index contributed by atoms with van der Waals surface area (Å²) in [5.74, 6) is -1.74. The van der Waals surface area contributed by atoms with E-state index in [1.54, 1.807) is 0 Å². The van der Waals surface area contributed by atoms with Gasteiger partial charge in [0.15, 0.2) is 0 Å². The van der Waals surface area contributed by atoms with Crippen molar-refractivity contribution < 1.29 is 32.0 Å². The first kappa shape index (κ1) is 20.2. The fourth-order valence-electron chi connectivity index (χ4n) is 1.84. The molecular formula is C15H19BO7S. The van der Waals surface area contributed by atoms with Crippen LogP contribution >= 0.6 is 0 Å². The van der Waals surface area contributed by atoms with Crippen molar-refractivity contribution in [3.63, 3.8) is 0 Å². The predicted octanol–water partition coefficient (Wildman–Crippen LogP) is 1.000. The van der Waals surface area contributed by atoms with Crippen molar-refractivity contribution in [2.75, 3.05) is 12.4 Å². The van der Waals surface area contributed by atoms with Gasteiger partial charge in [-0.25, -0.2) is 0 Å². The molecule has 0 amide bonds. The molecule has 1 aromatic carbocycles. The molecule has 24 heavy (non-hydrogen) atoms. The summed E-state index contributed by atoms with van der Waals surface area (Å²) in [4.78, 5) is 22.9. The third kappa shape index (κ3) is 8.69. The van der Waals surface area contributed by atoms with Gasteiger partial charge < -0.3 is 9.47 Å². The van der Waals surface area contributed by atoms with E-state index in [1.807, 2.05) is 24.3 Å². The number of hydrogen-bond donors (Lipinski definition) is 1. The molecule has 1 rings (SSSR count). The van der Waals surface area contributed by atoms with Gasteiger partial charge in [0.1, 0.15) is 19.0 Å². The molecule has 0 aromatic heterocycles. The van der Waals surface area contributed by atoms with Gasteiger partial charge in [-0.15, -0.1) is 0 Å².